The highest BCUT2D eigenvalue weighted by Gasteiger charge is 2.40. The number of nitrogens with one attached hydrogen (secondary N) is 1. The summed E-state index contributed by atoms with van der Waals surface area (Å²) in [5.41, 5.74) is 2.56. The number of rotatable bonds is 6. The average Bonchev–Trinajstić information content (AvgIpc) is 2.75. The third-order valence-electron chi connectivity index (χ3n) is 3.02. The first-order valence-corrected chi connectivity index (χ1v) is 6.31. The van der Waals surface area contributed by atoms with E-state index in [0.717, 1.165) is 6.54 Å². The number of aromatic nitrogens is 1. The van der Waals surface area contributed by atoms with Crippen LogP contribution in [0.4, 0.5) is 0 Å². The molecule has 1 aliphatic rings. The molecule has 1 fully saturated rings. The Morgan fingerprint density at radius 3 is 3.00 bits per heavy atom. The van der Waals surface area contributed by atoms with Crippen LogP contribution in [-0.2, 0) is 6.54 Å². The topological polar surface area (TPSA) is 24.9 Å². The van der Waals surface area contributed by atoms with Gasteiger partial charge in [-0.15, -0.1) is 11.3 Å². The summed E-state index contributed by atoms with van der Waals surface area (Å²) in [6.07, 6.45) is 7.52. The first-order chi connectivity index (χ1) is 6.85. The van der Waals surface area contributed by atoms with Crippen LogP contribution in [-0.4, -0.2) is 11.5 Å². The van der Waals surface area contributed by atoms with Crippen LogP contribution >= 0.6 is 11.3 Å². The molecule has 1 heterocycles. The largest absolute Gasteiger partial charge is 0.311 e. The molecule has 0 amide bonds. The van der Waals surface area contributed by atoms with E-state index in [1.54, 1.807) is 11.3 Å². The highest BCUT2D eigenvalue weighted by Crippen LogP contribution is 2.48. The molecule has 1 aliphatic carbocycles. The van der Waals surface area contributed by atoms with Crippen molar-refractivity contribution < 1.29 is 0 Å². The molecule has 0 aromatic carbocycles. The van der Waals surface area contributed by atoms with Gasteiger partial charge in [0.1, 0.15) is 0 Å². The Labute approximate surface area is 89.8 Å². The fourth-order valence-electron chi connectivity index (χ4n) is 2.00. The van der Waals surface area contributed by atoms with Crippen LogP contribution in [0.3, 0.4) is 0 Å². The third kappa shape index (κ3) is 2.55. The molecule has 0 radical (unpaired) electrons. The molecule has 2 rings (SSSR count). The Morgan fingerprint density at radius 2 is 2.43 bits per heavy atom. The molecule has 14 heavy (non-hydrogen) atoms. The van der Waals surface area contributed by atoms with Crippen molar-refractivity contribution in [3.05, 3.63) is 16.6 Å². The molecule has 0 aliphatic heterocycles. The van der Waals surface area contributed by atoms with Gasteiger partial charge in [0.15, 0.2) is 0 Å². The van der Waals surface area contributed by atoms with Crippen molar-refractivity contribution in [2.45, 2.75) is 39.2 Å². The van der Waals surface area contributed by atoms with Gasteiger partial charge in [0.2, 0.25) is 0 Å². The van der Waals surface area contributed by atoms with E-state index >= 15 is 0 Å². The van der Waals surface area contributed by atoms with Crippen LogP contribution in [0.15, 0.2) is 11.7 Å². The summed E-state index contributed by atoms with van der Waals surface area (Å²) < 4.78 is 0. The first-order valence-electron chi connectivity index (χ1n) is 5.43. The lowest BCUT2D eigenvalue weighted by Crippen LogP contribution is -2.23. The summed E-state index contributed by atoms with van der Waals surface area (Å²) >= 11 is 1.73. The van der Waals surface area contributed by atoms with Crippen LogP contribution in [0, 0.1) is 5.41 Å². The molecule has 78 valence electrons. The van der Waals surface area contributed by atoms with Crippen LogP contribution in [0.5, 0.6) is 0 Å². The standard InChI is InChI=1S/C11H18N2S/c1-2-3-11(4-5-11)8-12-6-10-7-13-9-14-10/h7,9,12H,2-6,8H2,1H3. The summed E-state index contributed by atoms with van der Waals surface area (Å²) in [6.45, 7) is 4.47. The minimum absolute atomic E-state index is 0.666. The Kier molecular flexibility index (Phi) is 3.19. The zero-order valence-corrected chi connectivity index (χ0v) is 9.57. The SMILES string of the molecule is CCCC1(CNCc2cncs2)CC1. The molecular formula is C11H18N2S. The molecule has 2 nitrogen and oxygen atoms in total. The average molecular weight is 210 g/mol. The minimum Gasteiger partial charge on any atom is -0.311 e. The summed E-state index contributed by atoms with van der Waals surface area (Å²) in [4.78, 5) is 5.41. The van der Waals surface area contributed by atoms with Crippen molar-refractivity contribution in [3.8, 4) is 0 Å². The molecule has 1 N–H and O–H groups in total. The fourth-order valence-corrected chi connectivity index (χ4v) is 2.57. The van der Waals surface area contributed by atoms with Crippen molar-refractivity contribution in [1.29, 1.82) is 0 Å². The van der Waals surface area contributed by atoms with E-state index in [9.17, 15) is 0 Å². The zero-order chi connectivity index (χ0) is 9.86. The lowest BCUT2D eigenvalue weighted by molar-refractivity contribution is 0.421. The maximum atomic E-state index is 4.07. The second kappa shape index (κ2) is 4.41. The van der Waals surface area contributed by atoms with E-state index in [2.05, 4.69) is 17.2 Å². The van der Waals surface area contributed by atoms with Gasteiger partial charge in [0, 0.05) is 24.2 Å². The Morgan fingerprint density at radius 1 is 1.57 bits per heavy atom. The second-order valence-corrected chi connectivity index (χ2v) is 5.29. The fraction of sp³-hybridized carbons (Fsp3) is 0.727. The Hall–Kier alpha value is -0.410. The molecule has 0 spiro atoms. The first kappa shape index (κ1) is 10.1. The number of nitrogens with zero attached hydrogens (tertiary/aromatic N) is 1. The normalized spacial score (nSPS) is 18.4. The lowest BCUT2D eigenvalue weighted by Gasteiger charge is -2.14. The molecule has 0 bridgehead atoms. The molecular weight excluding hydrogens is 192 g/mol. The van der Waals surface area contributed by atoms with Gasteiger partial charge in [-0.05, 0) is 24.7 Å². The van der Waals surface area contributed by atoms with Gasteiger partial charge in [-0.2, -0.15) is 0 Å². The van der Waals surface area contributed by atoms with Gasteiger partial charge in [-0.25, -0.2) is 0 Å². The van der Waals surface area contributed by atoms with Crippen molar-refractivity contribution in [1.82, 2.24) is 10.3 Å². The van der Waals surface area contributed by atoms with Crippen LogP contribution in [0.25, 0.3) is 0 Å². The van der Waals surface area contributed by atoms with Crippen molar-refractivity contribution in [3.63, 3.8) is 0 Å². The molecule has 1 aromatic heterocycles. The van der Waals surface area contributed by atoms with Gasteiger partial charge < -0.3 is 5.32 Å². The van der Waals surface area contributed by atoms with E-state index in [4.69, 9.17) is 0 Å². The smallest absolute Gasteiger partial charge is 0.0794 e. The zero-order valence-electron chi connectivity index (χ0n) is 8.75. The van der Waals surface area contributed by atoms with Gasteiger partial charge in [-0.3, -0.25) is 4.98 Å². The maximum Gasteiger partial charge on any atom is 0.0794 e. The predicted octanol–water partition coefficient (Wildman–Crippen LogP) is 2.81. The van der Waals surface area contributed by atoms with E-state index in [0.29, 0.717) is 5.41 Å². The van der Waals surface area contributed by atoms with Gasteiger partial charge in [0.25, 0.3) is 0 Å². The molecule has 0 atom stereocenters. The highest BCUT2D eigenvalue weighted by molar-refractivity contribution is 7.09. The van der Waals surface area contributed by atoms with Crippen LogP contribution in [0.2, 0.25) is 0 Å². The van der Waals surface area contributed by atoms with Crippen molar-refractivity contribution >= 4 is 11.3 Å². The van der Waals surface area contributed by atoms with Crippen LogP contribution in [0.1, 0.15) is 37.5 Å². The Balaban J connectivity index is 1.68. The van der Waals surface area contributed by atoms with Crippen LogP contribution < -0.4 is 5.32 Å². The summed E-state index contributed by atoms with van der Waals surface area (Å²) in [7, 11) is 0. The molecule has 0 saturated heterocycles. The monoisotopic (exact) mass is 210 g/mol. The highest BCUT2D eigenvalue weighted by atomic mass is 32.1. The summed E-state index contributed by atoms with van der Waals surface area (Å²) in [6, 6.07) is 0. The van der Waals surface area contributed by atoms with Crippen molar-refractivity contribution in [2.24, 2.45) is 5.41 Å². The van der Waals surface area contributed by atoms with E-state index in [-0.39, 0.29) is 0 Å². The van der Waals surface area contributed by atoms with E-state index in [1.807, 2.05) is 11.7 Å². The van der Waals surface area contributed by atoms with Gasteiger partial charge in [-0.1, -0.05) is 13.3 Å². The van der Waals surface area contributed by atoms with Crippen molar-refractivity contribution in [2.75, 3.05) is 6.54 Å². The van der Waals surface area contributed by atoms with E-state index in [1.165, 1.54) is 37.1 Å². The van der Waals surface area contributed by atoms with Gasteiger partial charge in [0.05, 0.1) is 5.51 Å². The Bertz CT molecular complexity index is 265. The minimum atomic E-state index is 0.666. The quantitative estimate of drug-likeness (QED) is 0.781. The van der Waals surface area contributed by atoms with E-state index < -0.39 is 0 Å². The summed E-state index contributed by atoms with van der Waals surface area (Å²) in [5.74, 6) is 0. The molecule has 3 heteroatoms. The molecule has 0 unspecified atom stereocenters. The number of thiazole rings is 1. The maximum absolute atomic E-state index is 4.07. The molecule has 1 aromatic rings. The number of hydrogen-bond acceptors (Lipinski definition) is 3. The van der Waals surface area contributed by atoms with Gasteiger partial charge >= 0.3 is 0 Å². The third-order valence-corrected chi connectivity index (χ3v) is 3.80. The predicted molar refractivity (Wildman–Crippen MR) is 60.4 cm³/mol. The second-order valence-electron chi connectivity index (χ2n) is 4.32. The number of hydrogen-bond donors (Lipinski definition) is 1. The summed E-state index contributed by atoms with van der Waals surface area (Å²) in [5, 5.41) is 3.55. The molecule has 1 saturated carbocycles. The lowest BCUT2D eigenvalue weighted by atomic mass is 10.0.